The van der Waals surface area contributed by atoms with Crippen molar-refractivity contribution in [2.45, 2.75) is 25.9 Å². The van der Waals surface area contributed by atoms with Gasteiger partial charge in [-0.2, -0.15) is 0 Å². The number of nitrogens with two attached hydrogens (primary N) is 1. The molecule has 0 radical (unpaired) electrons. The number of nitrogens with zero attached hydrogens (tertiary/aromatic N) is 2. The Hall–Kier alpha value is -1.65. The molecule has 0 spiro atoms. The van der Waals surface area contributed by atoms with Crippen molar-refractivity contribution in [3.8, 4) is 0 Å². The fourth-order valence-electron chi connectivity index (χ4n) is 2.12. The van der Waals surface area contributed by atoms with Gasteiger partial charge in [0.2, 0.25) is 0 Å². The maximum Gasteiger partial charge on any atom is 0.192 e. The number of benzene rings is 1. The third-order valence-corrected chi connectivity index (χ3v) is 2.91. The van der Waals surface area contributed by atoms with E-state index in [1.54, 1.807) is 6.07 Å². The Kier molecular flexibility index (Phi) is 3.00. The molecule has 1 aromatic rings. The molecule has 1 aliphatic heterocycles. The summed E-state index contributed by atoms with van der Waals surface area (Å²) in [6.45, 7) is 4.45. The van der Waals surface area contributed by atoms with Crippen LogP contribution in [0.1, 0.15) is 25.5 Å². The molecule has 0 aliphatic carbocycles. The van der Waals surface area contributed by atoms with Crippen molar-refractivity contribution in [1.82, 2.24) is 4.90 Å². The van der Waals surface area contributed by atoms with Crippen LogP contribution < -0.4 is 5.73 Å². The highest BCUT2D eigenvalue weighted by Gasteiger charge is 2.29. The lowest BCUT2D eigenvalue weighted by molar-refractivity contribution is 0.289. The largest absolute Gasteiger partial charge is 0.370 e. The van der Waals surface area contributed by atoms with E-state index in [2.05, 4.69) is 4.99 Å². The molecule has 1 atom stereocenters. The first-order valence-corrected chi connectivity index (χ1v) is 5.54. The average molecular weight is 239 g/mol. The lowest BCUT2D eigenvalue weighted by Crippen LogP contribution is -2.41. The van der Waals surface area contributed by atoms with Crippen LogP contribution in [0.5, 0.6) is 0 Å². The van der Waals surface area contributed by atoms with Crippen LogP contribution in [0.15, 0.2) is 23.2 Å². The quantitative estimate of drug-likeness (QED) is 0.858. The van der Waals surface area contributed by atoms with Crippen LogP contribution in [-0.2, 0) is 0 Å². The van der Waals surface area contributed by atoms with E-state index in [0.717, 1.165) is 6.07 Å². The maximum atomic E-state index is 13.2. The van der Waals surface area contributed by atoms with Gasteiger partial charge in [-0.1, -0.05) is 6.07 Å². The SMILES string of the molecule is CC(C)N1C(N)=NCC1c1ccc(F)c(F)c1. The molecule has 0 amide bonds. The van der Waals surface area contributed by atoms with E-state index in [1.165, 1.54) is 6.07 Å². The zero-order valence-corrected chi connectivity index (χ0v) is 9.82. The standard InChI is InChI=1S/C12H15F2N3/c1-7(2)17-11(6-16-12(17)15)8-3-4-9(13)10(14)5-8/h3-5,7,11H,6H2,1-2H3,(H2,15,16). The van der Waals surface area contributed by atoms with Crippen LogP contribution in [0, 0.1) is 11.6 Å². The first-order chi connectivity index (χ1) is 8.00. The molecular weight excluding hydrogens is 224 g/mol. The van der Waals surface area contributed by atoms with E-state index in [4.69, 9.17) is 5.73 Å². The predicted octanol–water partition coefficient (Wildman–Crippen LogP) is 2.04. The molecule has 0 bridgehead atoms. The summed E-state index contributed by atoms with van der Waals surface area (Å²) in [7, 11) is 0. The number of guanidine groups is 1. The van der Waals surface area contributed by atoms with Crippen molar-refractivity contribution in [3.63, 3.8) is 0 Å². The Balaban J connectivity index is 2.31. The minimum absolute atomic E-state index is 0.106. The molecule has 2 N–H and O–H groups in total. The molecule has 0 saturated carbocycles. The summed E-state index contributed by atoms with van der Waals surface area (Å²) in [6, 6.07) is 3.98. The summed E-state index contributed by atoms with van der Waals surface area (Å²) in [5.41, 5.74) is 6.48. The van der Waals surface area contributed by atoms with E-state index in [0.29, 0.717) is 18.1 Å². The van der Waals surface area contributed by atoms with E-state index in [1.807, 2.05) is 18.7 Å². The van der Waals surface area contributed by atoms with Gasteiger partial charge in [0.1, 0.15) is 0 Å². The third-order valence-electron chi connectivity index (χ3n) is 2.91. The highest BCUT2D eigenvalue weighted by atomic mass is 19.2. The van der Waals surface area contributed by atoms with Crippen molar-refractivity contribution < 1.29 is 8.78 Å². The molecule has 1 aromatic carbocycles. The normalized spacial score (nSPS) is 19.9. The molecule has 0 fully saturated rings. The van der Waals surface area contributed by atoms with Crippen molar-refractivity contribution in [2.24, 2.45) is 10.7 Å². The topological polar surface area (TPSA) is 41.6 Å². The maximum absolute atomic E-state index is 13.2. The molecule has 0 saturated heterocycles. The molecule has 1 unspecified atom stereocenters. The number of hydrogen-bond donors (Lipinski definition) is 1. The summed E-state index contributed by atoms with van der Waals surface area (Å²) in [4.78, 5) is 6.06. The van der Waals surface area contributed by atoms with Crippen LogP contribution in [0.2, 0.25) is 0 Å². The van der Waals surface area contributed by atoms with Gasteiger partial charge >= 0.3 is 0 Å². The van der Waals surface area contributed by atoms with Crippen LogP contribution in [0.3, 0.4) is 0 Å². The Morgan fingerprint density at radius 1 is 1.35 bits per heavy atom. The zero-order chi connectivity index (χ0) is 12.6. The highest BCUT2D eigenvalue weighted by molar-refractivity contribution is 5.80. The van der Waals surface area contributed by atoms with Gasteiger partial charge in [-0.05, 0) is 31.5 Å². The summed E-state index contributed by atoms with van der Waals surface area (Å²) < 4.78 is 26.1. The van der Waals surface area contributed by atoms with Gasteiger partial charge in [-0.15, -0.1) is 0 Å². The fourth-order valence-corrected chi connectivity index (χ4v) is 2.12. The summed E-state index contributed by atoms with van der Waals surface area (Å²) in [5.74, 6) is -1.22. The summed E-state index contributed by atoms with van der Waals surface area (Å²) in [6.07, 6.45) is 0. The molecule has 17 heavy (non-hydrogen) atoms. The minimum Gasteiger partial charge on any atom is -0.370 e. The van der Waals surface area contributed by atoms with Crippen LogP contribution in [0.4, 0.5) is 8.78 Å². The number of aliphatic imine (C=N–C) groups is 1. The Morgan fingerprint density at radius 2 is 2.06 bits per heavy atom. The van der Waals surface area contributed by atoms with E-state index in [9.17, 15) is 8.78 Å². The monoisotopic (exact) mass is 239 g/mol. The second-order valence-electron chi connectivity index (χ2n) is 4.39. The molecule has 5 heteroatoms. The molecule has 3 nitrogen and oxygen atoms in total. The number of rotatable bonds is 2. The minimum atomic E-state index is -0.836. The summed E-state index contributed by atoms with van der Waals surface area (Å²) in [5, 5.41) is 0. The van der Waals surface area contributed by atoms with Crippen molar-refractivity contribution in [2.75, 3.05) is 6.54 Å². The van der Waals surface area contributed by atoms with Crippen LogP contribution in [0.25, 0.3) is 0 Å². The lowest BCUT2D eigenvalue weighted by Gasteiger charge is -2.30. The molecule has 92 valence electrons. The second-order valence-corrected chi connectivity index (χ2v) is 4.39. The predicted molar refractivity (Wildman–Crippen MR) is 62.6 cm³/mol. The van der Waals surface area contributed by atoms with E-state index >= 15 is 0 Å². The van der Waals surface area contributed by atoms with Gasteiger partial charge in [0.25, 0.3) is 0 Å². The Morgan fingerprint density at radius 3 is 2.65 bits per heavy atom. The zero-order valence-electron chi connectivity index (χ0n) is 9.82. The van der Waals surface area contributed by atoms with Crippen LogP contribution >= 0.6 is 0 Å². The first kappa shape index (κ1) is 11.8. The van der Waals surface area contributed by atoms with Gasteiger partial charge < -0.3 is 10.6 Å². The molecule has 1 heterocycles. The number of hydrogen-bond acceptors (Lipinski definition) is 3. The molecule has 1 aliphatic rings. The van der Waals surface area contributed by atoms with Gasteiger partial charge in [0, 0.05) is 6.04 Å². The van der Waals surface area contributed by atoms with Crippen molar-refractivity contribution >= 4 is 5.96 Å². The van der Waals surface area contributed by atoms with Crippen molar-refractivity contribution in [1.29, 1.82) is 0 Å². The smallest absolute Gasteiger partial charge is 0.192 e. The highest BCUT2D eigenvalue weighted by Crippen LogP contribution is 2.28. The Labute approximate surface area is 98.9 Å². The summed E-state index contributed by atoms with van der Waals surface area (Å²) >= 11 is 0. The molecule has 2 rings (SSSR count). The second kappa shape index (κ2) is 4.31. The number of halogens is 2. The van der Waals surface area contributed by atoms with Gasteiger partial charge in [-0.3, -0.25) is 4.99 Å². The Bertz CT molecular complexity index is 457. The van der Waals surface area contributed by atoms with Gasteiger partial charge in [0.15, 0.2) is 17.6 Å². The average Bonchev–Trinajstić information content (AvgIpc) is 2.64. The lowest BCUT2D eigenvalue weighted by atomic mass is 10.0. The van der Waals surface area contributed by atoms with Gasteiger partial charge in [0.05, 0.1) is 12.6 Å². The van der Waals surface area contributed by atoms with Gasteiger partial charge in [-0.25, -0.2) is 8.78 Å². The first-order valence-electron chi connectivity index (χ1n) is 5.54. The van der Waals surface area contributed by atoms with E-state index < -0.39 is 11.6 Å². The van der Waals surface area contributed by atoms with Crippen molar-refractivity contribution in [3.05, 3.63) is 35.4 Å². The van der Waals surface area contributed by atoms with E-state index in [-0.39, 0.29) is 12.1 Å². The third kappa shape index (κ3) is 2.09. The fraction of sp³-hybridized carbons (Fsp3) is 0.417. The molecular formula is C12H15F2N3. The molecule has 0 aromatic heterocycles. The van der Waals surface area contributed by atoms with Crippen LogP contribution in [-0.4, -0.2) is 23.4 Å².